The molecule has 0 aliphatic carbocycles. The van der Waals surface area contributed by atoms with E-state index in [1.54, 1.807) is 11.3 Å². The van der Waals surface area contributed by atoms with E-state index in [1.165, 1.54) is 0 Å². The summed E-state index contributed by atoms with van der Waals surface area (Å²) in [6.07, 6.45) is 0. The molecule has 1 aliphatic heterocycles. The van der Waals surface area contributed by atoms with Crippen LogP contribution in [0.3, 0.4) is 0 Å². The van der Waals surface area contributed by atoms with Crippen LogP contribution in [0.25, 0.3) is 0 Å². The first-order valence-corrected chi connectivity index (χ1v) is 9.01. The van der Waals surface area contributed by atoms with Crippen molar-refractivity contribution in [2.45, 2.75) is 13.5 Å². The normalized spacial score (nSPS) is 15.7. The van der Waals surface area contributed by atoms with Gasteiger partial charge in [-0.3, -0.25) is 4.90 Å². The fourth-order valence-corrected chi connectivity index (χ4v) is 2.98. The molecule has 0 radical (unpaired) electrons. The number of guanidine groups is 1. The summed E-state index contributed by atoms with van der Waals surface area (Å²) < 4.78 is 5.36. The smallest absolute Gasteiger partial charge is 0.191 e. The fraction of sp³-hybridized carbons (Fsp3) is 0.733. The van der Waals surface area contributed by atoms with E-state index in [1.807, 2.05) is 19.0 Å². The quantitative estimate of drug-likeness (QED) is 0.357. The lowest BCUT2D eigenvalue weighted by Gasteiger charge is -2.26. The highest BCUT2D eigenvalue weighted by Crippen LogP contribution is 2.18. The zero-order chi connectivity index (χ0) is 16.5. The van der Waals surface area contributed by atoms with Crippen molar-refractivity contribution in [1.82, 2.24) is 20.5 Å². The molecule has 0 amide bonds. The molecule has 2 N–H and O–H groups in total. The first-order chi connectivity index (χ1) is 11.2. The van der Waals surface area contributed by atoms with Crippen LogP contribution in [0.2, 0.25) is 0 Å². The number of thiazole rings is 1. The predicted molar refractivity (Wildman–Crippen MR) is 112 cm³/mol. The molecule has 1 aliphatic rings. The van der Waals surface area contributed by atoms with Crippen molar-refractivity contribution in [3.63, 3.8) is 0 Å². The maximum atomic E-state index is 5.36. The summed E-state index contributed by atoms with van der Waals surface area (Å²) >= 11 is 1.65. The number of aliphatic imine (C=N–C) groups is 1. The molecule has 0 aromatic carbocycles. The van der Waals surface area contributed by atoms with Gasteiger partial charge in [-0.1, -0.05) is 0 Å². The van der Waals surface area contributed by atoms with Crippen molar-refractivity contribution in [2.24, 2.45) is 4.99 Å². The van der Waals surface area contributed by atoms with E-state index in [9.17, 15) is 0 Å². The SMILES string of the molecule is CCNC(=NCc1csc(N(C)C)n1)NCCN1CCOCC1.I. The van der Waals surface area contributed by atoms with Crippen LogP contribution in [-0.2, 0) is 11.3 Å². The molecular weight excluding hydrogens is 439 g/mol. The van der Waals surface area contributed by atoms with Crippen LogP contribution in [-0.4, -0.2) is 75.9 Å². The third-order valence-corrected chi connectivity index (χ3v) is 4.55. The first-order valence-electron chi connectivity index (χ1n) is 8.13. The molecule has 0 unspecified atom stereocenters. The number of anilines is 1. The van der Waals surface area contributed by atoms with Gasteiger partial charge in [0.15, 0.2) is 11.1 Å². The second kappa shape index (κ2) is 11.8. The standard InChI is InChI=1S/C15H28N6OS.HI/c1-4-16-14(17-5-6-21-7-9-22-10-8-21)18-11-13-12-23-15(19-13)20(2)3;/h12H,4-11H2,1-3H3,(H2,16,17,18);1H. The third kappa shape index (κ3) is 7.49. The molecule has 138 valence electrons. The molecule has 0 saturated carbocycles. The van der Waals surface area contributed by atoms with Crippen LogP contribution in [0.5, 0.6) is 0 Å². The Labute approximate surface area is 165 Å². The molecule has 2 rings (SSSR count). The Morgan fingerprint density at radius 1 is 1.38 bits per heavy atom. The minimum Gasteiger partial charge on any atom is -0.379 e. The molecule has 0 atom stereocenters. The molecule has 9 heteroatoms. The second-order valence-corrected chi connectivity index (χ2v) is 6.43. The number of nitrogens with one attached hydrogen (secondary N) is 2. The topological polar surface area (TPSA) is 65.0 Å². The average Bonchev–Trinajstić information content (AvgIpc) is 3.03. The predicted octanol–water partition coefficient (Wildman–Crippen LogP) is 1.21. The van der Waals surface area contributed by atoms with Gasteiger partial charge in [0, 0.05) is 52.2 Å². The molecule has 1 saturated heterocycles. The Hall–Kier alpha value is -0.650. The van der Waals surface area contributed by atoms with Gasteiger partial charge in [0.2, 0.25) is 0 Å². The van der Waals surface area contributed by atoms with Crippen LogP contribution in [0.1, 0.15) is 12.6 Å². The molecule has 7 nitrogen and oxygen atoms in total. The Bertz CT molecular complexity index is 490. The molecule has 2 heterocycles. The largest absolute Gasteiger partial charge is 0.379 e. The molecular formula is C15H29IN6OS. The van der Waals surface area contributed by atoms with Crippen molar-refractivity contribution in [1.29, 1.82) is 0 Å². The fourth-order valence-electron chi connectivity index (χ4n) is 2.23. The highest BCUT2D eigenvalue weighted by molar-refractivity contribution is 14.0. The first kappa shape index (κ1) is 21.4. The van der Waals surface area contributed by atoms with Gasteiger partial charge >= 0.3 is 0 Å². The zero-order valence-corrected chi connectivity index (χ0v) is 17.9. The van der Waals surface area contributed by atoms with E-state index >= 15 is 0 Å². The van der Waals surface area contributed by atoms with Gasteiger partial charge in [0.25, 0.3) is 0 Å². The third-order valence-electron chi connectivity index (χ3n) is 3.49. The number of halogens is 1. The maximum absolute atomic E-state index is 5.36. The van der Waals surface area contributed by atoms with E-state index in [-0.39, 0.29) is 24.0 Å². The average molecular weight is 468 g/mol. The summed E-state index contributed by atoms with van der Waals surface area (Å²) in [6.45, 7) is 9.12. The Kier molecular flexibility index (Phi) is 10.5. The molecule has 1 aromatic heterocycles. The highest BCUT2D eigenvalue weighted by Gasteiger charge is 2.09. The second-order valence-electron chi connectivity index (χ2n) is 5.59. The Morgan fingerprint density at radius 2 is 2.12 bits per heavy atom. The number of hydrogen-bond acceptors (Lipinski definition) is 6. The van der Waals surface area contributed by atoms with Crippen LogP contribution in [0, 0.1) is 0 Å². The minimum atomic E-state index is 0. The maximum Gasteiger partial charge on any atom is 0.191 e. The van der Waals surface area contributed by atoms with Crippen molar-refractivity contribution >= 4 is 46.4 Å². The summed E-state index contributed by atoms with van der Waals surface area (Å²) in [5, 5.41) is 9.75. The summed E-state index contributed by atoms with van der Waals surface area (Å²) in [4.78, 5) is 13.6. The van der Waals surface area contributed by atoms with E-state index in [0.717, 1.165) is 62.7 Å². The van der Waals surface area contributed by atoms with Gasteiger partial charge in [0.05, 0.1) is 25.5 Å². The monoisotopic (exact) mass is 468 g/mol. The number of morpholine rings is 1. The van der Waals surface area contributed by atoms with Gasteiger partial charge in [-0.15, -0.1) is 35.3 Å². The molecule has 0 spiro atoms. The molecule has 24 heavy (non-hydrogen) atoms. The number of ether oxygens (including phenoxy) is 1. The Morgan fingerprint density at radius 3 is 2.75 bits per heavy atom. The molecule has 1 fully saturated rings. The van der Waals surface area contributed by atoms with Crippen LogP contribution < -0.4 is 15.5 Å². The lowest BCUT2D eigenvalue weighted by molar-refractivity contribution is 0.0389. The number of aromatic nitrogens is 1. The van der Waals surface area contributed by atoms with Crippen molar-refractivity contribution < 1.29 is 4.74 Å². The Balaban J connectivity index is 0.00000288. The van der Waals surface area contributed by atoms with Gasteiger partial charge in [-0.25, -0.2) is 9.98 Å². The molecule has 1 aromatic rings. The van der Waals surface area contributed by atoms with Gasteiger partial charge < -0.3 is 20.3 Å². The van der Waals surface area contributed by atoms with Gasteiger partial charge in [-0.2, -0.15) is 0 Å². The van der Waals surface area contributed by atoms with E-state index in [4.69, 9.17) is 4.74 Å². The minimum absolute atomic E-state index is 0. The highest BCUT2D eigenvalue weighted by atomic mass is 127. The summed E-state index contributed by atoms with van der Waals surface area (Å²) in [5.74, 6) is 0.847. The summed E-state index contributed by atoms with van der Waals surface area (Å²) in [5.41, 5.74) is 1.00. The number of nitrogens with zero attached hydrogens (tertiary/aromatic N) is 4. The van der Waals surface area contributed by atoms with Crippen LogP contribution in [0.4, 0.5) is 5.13 Å². The van der Waals surface area contributed by atoms with Crippen LogP contribution >= 0.6 is 35.3 Å². The van der Waals surface area contributed by atoms with Crippen LogP contribution in [0.15, 0.2) is 10.4 Å². The lowest BCUT2D eigenvalue weighted by Crippen LogP contribution is -2.44. The van der Waals surface area contributed by atoms with Crippen molar-refractivity contribution in [3.8, 4) is 0 Å². The number of hydrogen-bond donors (Lipinski definition) is 2. The van der Waals surface area contributed by atoms with E-state index in [2.05, 4.69) is 37.8 Å². The summed E-state index contributed by atoms with van der Waals surface area (Å²) in [6, 6.07) is 0. The van der Waals surface area contributed by atoms with E-state index in [0.29, 0.717) is 6.54 Å². The number of rotatable bonds is 7. The van der Waals surface area contributed by atoms with E-state index < -0.39 is 0 Å². The zero-order valence-electron chi connectivity index (χ0n) is 14.7. The van der Waals surface area contributed by atoms with Crippen molar-refractivity contribution in [2.75, 3.05) is 64.9 Å². The lowest BCUT2D eigenvalue weighted by atomic mass is 10.4. The van der Waals surface area contributed by atoms with Gasteiger partial charge in [-0.05, 0) is 6.92 Å². The van der Waals surface area contributed by atoms with Crippen molar-refractivity contribution in [3.05, 3.63) is 11.1 Å². The summed E-state index contributed by atoms with van der Waals surface area (Å²) in [7, 11) is 4.01. The molecule has 0 bridgehead atoms. The van der Waals surface area contributed by atoms with Gasteiger partial charge in [0.1, 0.15) is 0 Å².